The largest absolute Gasteiger partial charge is 0.493 e. The van der Waals surface area contributed by atoms with Crippen LogP contribution >= 0.6 is 23.5 Å². The molecule has 2 aromatic carbocycles. The van der Waals surface area contributed by atoms with E-state index in [2.05, 4.69) is 9.73 Å². The Balaban J connectivity index is 1.64. The highest BCUT2D eigenvalue weighted by Crippen LogP contribution is 2.37. The van der Waals surface area contributed by atoms with Gasteiger partial charge in [0.1, 0.15) is 6.61 Å². The molecule has 5 nitrogen and oxygen atoms in total. The van der Waals surface area contributed by atoms with Gasteiger partial charge in [0.15, 0.2) is 11.5 Å². The zero-order chi connectivity index (χ0) is 24.2. The molecule has 178 valence electrons. The van der Waals surface area contributed by atoms with E-state index in [1.165, 1.54) is 42.8 Å². The van der Waals surface area contributed by atoms with Crippen LogP contribution in [0.4, 0.5) is 13.2 Å². The molecule has 3 rings (SSSR count). The van der Waals surface area contributed by atoms with Crippen molar-refractivity contribution in [2.45, 2.75) is 36.2 Å². The van der Waals surface area contributed by atoms with Crippen LogP contribution < -0.4 is 9.47 Å². The van der Waals surface area contributed by atoms with Gasteiger partial charge in [0, 0.05) is 10.5 Å². The van der Waals surface area contributed by atoms with Crippen LogP contribution in [0.1, 0.15) is 23.6 Å². The Labute approximate surface area is 199 Å². The molecule has 0 fully saturated rings. The lowest BCUT2D eigenvalue weighted by atomic mass is 10.1. The molecule has 10 heteroatoms. The predicted molar refractivity (Wildman–Crippen MR) is 125 cm³/mol. The summed E-state index contributed by atoms with van der Waals surface area (Å²) in [6.07, 6.45) is -4.36. The maximum Gasteiger partial charge on any atom is 0.416 e. The van der Waals surface area contributed by atoms with Crippen LogP contribution in [0.5, 0.6) is 11.5 Å². The van der Waals surface area contributed by atoms with Gasteiger partial charge in [-0.15, -0.1) is 11.8 Å². The third kappa shape index (κ3) is 6.38. The summed E-state index contributed by atoms with van der Waals surface area (Å²) in [7, 11) is 2.90. The van der Waals surface area contributed by atoms with Gasteiger partial charge in [0.05, 0.1) is 41.9 Å². The smallest absolute Gasteiger partial charge is 0.416 e. The Bertz CT molecular complexity index is 1030. The Morgan fingerprint density at radius 1 is 1.15 bits per heavy atom. The fourth-order valence-corrected chi connectivity index (χ4v) is 5.14. The molecule has 0 aliphatic carbocycles. The number of halogens is 3. The van der Waals surface area contributed by atoms with Crippen LogP contribution in [0.3, 0.4) is 0 Å². The fourth-order valence-electron chi connectivity index (χ4n) is 3.10. The maximum absolute atomic E-state index is 12.8. The second-order valence-corrected chi connectivity index (χ2v) is 9.60. The van der Waals surface area contributed by atoms with E-state index in [4.69, 9.17) is 9.47 Å². The van der Waals surface area contributed by atoms with E-state index in [1.54, 1.807) is 7.11 Å². The second kappa shape index (κ2) is 10.7. The van der Waals surface area contributed by atoms with Crippen LogP contribution in [0.2, 0.25) is 0 Å². The van der Waals surface area contributed by atoms with Gasteiger partial charge >= 0.3 is 12.1 Å². The number of esters is 1. The molecule has 1 heterocycles. The highest BCUT2D eigenvalue weighted by atomic mass is 32.2. The molecule has 1 aliphatic rings. The standard InChI is InChI=1S/C23H24F3NO4S2/c1-13-9-18(17(29-3)10-19(13)32-12-21(28)30-4)31-11-20-14(2)27-22(33-20)15-5-7-16(8-6-15)23(24,25)26/h5-10,14,20H,11-12H2,1-4H3. The Hall–Kier alpha value is -2.33. The lowest BCUT2D eigenvalue weighted by Gasteiger charge is -2.18. The van der Waals surface area contributed by atoms with E-state index < -0.39 is 11.7 Å². The third-order valence-corrected chi connectivity index (χ3v) is 7.55. The van der Waals surface area contributed by atoms with Crippen molar-refractivity contribution < 1.29 is 32.2 Å². The molecule has 0 radical (unpaired) electrons. The van der Waals surface area contributed by atoms with Gasteiger partial charge in [0.25, 0.3) is 0 Å². The van der Waals surface area contributed by atoms with Crippen molar-refractivity contribution in [1.29, 1.82) is 0 Å². The number of rotatable bonds is 8. The SMILES string of the molecule is COC(=O)CSc1cc(OC)c(OCC2SC(c3ccc(C(F)(F)F)cc3)=NC2C)cc1C. The number of nitrogens with zero attached hydrogens (tertiary/aromatic N) is 1. The molecule has 2 atom stereocenters. The lowest BCUT2D eigenvalue weighted by Crippen LogP contribution is -2.22. The van der Waals surface area contributed by atoms with E-state index in [1.807, 2.05) is 26.0 Å². The summed E-state index contributed by atoms with van der Waals surface area (Å²) >= 11 is 2.85. The highest BCUT2D eigenvalue weighted by molar-refractivity contribution is 8.15. The average Bonchev–Trinajstić information content (AvgIpc) is 3.16. The molecule has 0 saturated carbocycles. The molecule has 0 bridgehead atoms. The Morgan fingerprint density at radius 2 is 1.85 bits per heavy atom. The average molecular weight is 500 g/mol. The van der Waals surface area contributed by atoms with Crippen molar-refractivity contribution in [3.8, 4) is 11.5 Å². The number of carbonyl (C=O) groups excluding carboxylic acids is 1. The topological polar surface area (TPSA) is 57.1 Å². The van der Waals surface area contributed by atoms with Gasteiger partial charge in [0.2, 0.25) is 0 Å². The van der Waals surface area contributed by atoms with Crippen molar-refractivity contribution in [3.05, 3.63) is 53.1 Å². The van der Waals surface area contributed by atoms with Crippen LogP contribution in [-0.4, -0.2) is 48.9 Å². The number of aliphatic imine (C=N–C) groups is 1. The summed E-state index contributed by atoms with van der Waals surface area (Å²) in [5.41, 5.74) is 0.912. The zero-order valence-corrected chi connectivity index (χ0v) is 20.2. The first kappa shape index (κ1) is 25.3. The van der Waals surface area contributed by atoms with Gasteiger partial charge < -0.3 is 14.2 Å². The molecule has 2 aromatic rings. The first-order chi connectivity index (χ1) is 15.6. The molecule has 0 saturated heterocycles. The molecule has 0 amide bonds. The Kier molecular flexibility index (Phi) is 8.23. The highest BCUT2D eigenvalue weighted by Gasteiger charge is 2.32. The first-order valence-corrected chi connectivity index (χ1v) is 11.9. The number of hydrogen-bond acceptors (Lipinski definition) is 7. The molecule has 33 heavy (non-hydrogen) atoms. The van der Waals surface area contributed by atoms with E-state index in [-0.39, 0.29) is 23.0 Å². The van der Waals surface area contributed by atoms with Crippen molar-refractivity contribution in [1.82, 2.24) is 0 Å². The molecule has 2 unspecified atom stereocenters. The quantitative estimate of drug-likeness (QED) is 0.347. The molecular weight excluding hydrogens is 475 g/mol. The number of methoxy groups -OCH3 is 2. The predicted octanol–water partition coefficient (Wildman–Crippen LogP) is 5.62. The number of hydrogen-bond donors (Lipinski definition) is 0. The monoisotopic (exact) mass is 499 g/mol. The minimum atomic E-state index is -4.36. The van der Waals surface area contributed by atoms with E-state index in [9.17, 15) is 18.0 Å². The minimum absolute atomic E-state index is 0.000630. The fraction of sp³-hybridized carbons (Fsp3) is 0.391. The summed E-state index contributed by atoms with van der Waals surface area (Å²) in [5, 5.41) is 0.697. The number of thioether (sulfide) groups is 2. The van der Waals surface area contributed by atoms with Crippen molar-refractivity contribution in [2.75, 3.05) is 26.6 Å². The summed E-state index contributed by atoms with van der Waals surface area (Å²) in [4.78, 5) is 16.9. The second-order valence-electron chi connectivity index (χ2n) is 7.35. The van der Waals surface area contributed by atoms with Crippen LogP contribution in [-0.2, 0) is 15.7 Å². The molecule has 0 spiro atoms. The third-order valence-electron chi connectivity index (χ3n) is 5.02. The van der Waals surface area contributed by atoms with E-state index >= 15 is 0 Å². The van der Waals surface area contributed by atoms with Crippen LogP contribution in [0, 0.1) is 6.92 Å². The minimum Gasteiger partial charge on any atom is -0.493 e. The number of ether oxygens (including phenoxy) is 3. The number of alkyl halides is 3. The summed E-state index contributed by atoms with van der Waals surface area (Å²) < 4.78 is 54.6. The number of benzene rings is 2. The molecule has 0 aromatic heterocycles. The number of aryl methyl sites for hydroxylation is 1. The van der Waals surface area contributed by atoms with Gasteiger partial charge in [-0.25, -0.2) is 0 Å². The van der Waals surface area contributed by atoms with Gasteiger partial charge in [-0.05, 0) is 43.7 Å². The van der Waals surface area contributed by atoms with Gasteiger partial charge in [-0.2, -0.15) is 13.2 Å². The maximum atomic E-state index is 12.8. The lowest BCUT2D eigenvalue weighted by molar-refractivity contribution is -0.138. The van der Waals surface area contributed by atoms with Crippen molar-refractivity contribution >= 4 is 34.5 Å². The van der Waals surface area contributed by atoms with Gasteiger partial charge in [-0.1, -0.05) is 23.9 Å². The van der Waals surface area contributed by atoms with Gasteiger partial charge in [-0.3, -0.25) is 9.79 Å². The zero-order valence-electron chi connectivity index (χ0n) is 18.6. The van der Waals surface area contributed by atoms with Crippen LogP contribution in [0.15, 0.2) is 46.3 Å². The van der Waals surface area contributed by atoms with Crippen LogP contribution in [0.25, 0.3) is 0 Å². The van der Waals surface area contributed by atoms with Crippen molar-refractivity contribution in [2.24, 2.45) is 4.99 Å². The summed E-state index contributed by atoms with van der Waals surface area (Å²) in [5.74, 6) is 1.01. The number of carbonyl (C=O) groups is 1. The summed E-state index contributed by atoms with van der Waals surface area (Å²) in [6.45, 7) is 4.22. The van der Waals surface area contributed by atoms with Crippen molar-refractivity contribution in [3.63, 3.8) is 0 Å². The normalized spacial score (nSPS) is 18.1. The Morgan fingerprint density at radius 3 is 2.45 bits per heavy atom. The van der Waals surface area contributed by atoms with E-state index in [0.717, 1.165) is 22.6 Å². The molecule has 0 N–H and O–H groups in total. The molecule has 1 aliphatic heterocycles. The first-order valence-electron chi connectivity index (χ1n) is 10.1. The van der Waals surface area contributed by atoms with E-state index in [0.29, 0.717) is 28.7 Å². The summed E-state index contributed by atoms with van der Waals surface area (Å²) in [6, 6.07) is 8.66. The molecular formula is C23H24F3NO4S2.